The van der Waals surface area contributed by atoms with Crippen LogP contribution in [0.15, 0.2) is 0 Å². The first-order chi connectivity index (χ1) is 6.68. The van der Waals surface area contributed by atoms with Gasteiger partial charge in [0, 0.05) is 27.1 Å². The Morgan fingerprint density at radius 1 is 1.50 bits per heavy atom. The van der Waals surface area contributed by atoms with Crippen molar-refractivity contribution < 1.29 is 9.53 Å². The van der Waals surface area contributed by atoms with Crippen LogP contribution in [-0.2, 0) is 9.53 Å². The van der Waals surface area contributed by atoms with Crippen molar-refractivity contribution >= 4 is 5.91 Å². The highest BCUT2D eigenvalue weighted by Gasteiger charge is 2.58. The number of ether oxygens (including phenoxy) is 1. The predicted molar refractivity (Wildman–Crippen MR) is 50.9 cm³/mol. The van der Waals surface area contributed by atoms with E-state index in [9.17, 15) is 4.79 Å². The van der Waals surface area contributed by atoms with Crippen molar-refractivity contribution in [1.82, 2.24) is 9.80 Å². The molecule has 0 N–H and O–H groups in total. The van der Waals surface area contributed by atoms with Crippen molar-refractivity contribution in [3.05, 3.63) is 0 Å². The third-order valence-electron chi connectivity index (χ3n) is 3.94. The topological polar surface area (TPSA) is 32.8 Å². The first-order valence-electron chi connectivity index (χ1n) is 5.31. The Bertz CT molecular complexity index is 267. The molecule has 0 aromatic rings. The molecule has 4 nitrogen and oxygen atoms in total. The highest BCUT2D eigenvalue weighted by atomic mass is 16.5. The van der Waals surface area contributed by atoms with Crippen LogP contribution in [0.25, 0.3) is 0 Å². The van der Waals surface area contributed by atoms with Gasteiger partial charge in [-0.15, -0.1) is 0 Å². The molecular formula is C10H16N2O2. The van der Waals surface area contributed by atoms with Crippen LogP contribution < -0.4 is 0 Å². The molecule has 0 radical (unpaired) electrons. The van der Waals surface area contributed by atoms with E-state index in [1.807, 2.05) is 11.9 Å². The quantitative estimate of drug-likeness (QED) is 0.576. The molecule has 0 saturated carbocycles. The summed E-state index contributed by atoms with van der Waals surface area (Å²) in [5, 5.41) is 0. The van der Waals surface area contributed by atoms with Crippen LogP contribution in [-0.4, -0.2) is 60.1 Å². The van der Waals surface area contributed by atoms with Gasteiger partial charge in [0.25, 0.3) is 0 Å². The smallest absolute Gasteiger partial charge is 0.219 e. The third kappa shape index (κ3) is 0.929. The summed E-state index contributed by atoms with van der Waals surface area (Å²) in [6.45, 7) is 3.80. The van der Waals surface area contributed by atoms with Gasteiger partial charge in [-0.25, -0.2) is 0 Å². The minimum absolute atomic E-state index is 0.151. The number of carbonyl (C=O) groups excluding carboxylic acids is 1. The molecule has 0 aliphatic carbocycles. The standard InChI is InChI=1S/C10H16N2O2/c1-6(13)11(2)9-8-5-12-4-3-7(14-8)10(9)12/h7-10H,3-5H2,1-2H3/t7-,8-,9+,10+/m1/s1. The van der Waals surface area contributed by atoms with Crippen LogP contribution in [0.3, 0.4) is 0 Å². The second kappa shape index (κ2) is 2.70. The molecular weight excluding hydrogens is 180 g/mol. The Balaban J connectivity index is 1.87. The minimum atomic E-state index is 0.151. The van der Waals surface area contributed by atoms with E-state index in [4.69, 9.17) is 4.74 Å². The molecule has 0 aromatic carbocycles. The second-order valence-electron chi connectivity index (χ2n) is 4.61. The lowest BCUT2D eigenvalue weighted by atomic mass is 10.1. The number of fused-ring (bicyclic) bond motifs is 1. The van der Waals surface area contributed by atoms with E-state index in [1.54, 1.807) is 6.92 Å². The van der Waals surface area contributed by atoms with Crippen molar-refractivity contribution in [2.75, 3.05) is 20.1 Å². The number of likely N-dealkylation sites (N-methyl/N-ethyl adjacent to an activating group) is 1. The van der Waals surface area contributed by atoms with Gasteiger partial charge in [0.2, 0.25) is 5.91 Å². The highest BCUT2D eigenvalue weighted by molar-refractivity contribution is 5.73. The monoisotopic (exact) mass is 196 g/mol. The Morgan fingerprint density at radius 2 is 2.29 bits per heavy atom. The zero-order valence-corrected chi connectivity index (χ0v) is 8.64. The second-order valence-corrected chi connectivity index (χ2v) is 4.61. The Labute approximate surface area is 83.8 Å². The molecule has 1 amide bonds. The normalized spacial score (nSPS) is 44.7. The number of carbonyl (C=O) groups is 1. The van der Waals surface area contributed by atoms with E-state index < -0.39 is 0 Å². The van der Waals surface area contributed by atoms with Gasteiger partial charge >= 0.3 is 0 Å². The average Bonchev–Trinajstić information content (AvgIpc) is 2.70. The molecule has 4 atom stereocenters. The molecule has 3 saturated heterocycles. The fourth-order valence-electron chi connectivity index (χ4n) is 3.24. The van der Waals surface area contributed by atoms with E-state index in [0.717, 1.165) is 19.5 Å². The van der Waals surface area contributed by atoms with Crippen molar-refractivity contribution in [3.63, 3.8) is 0 Å². The Morgan fingerprint density at radius 3 is 2.93 bits per heavy atom. The fourth-order valence-corrected chi connectivity index (χ4v) is 3.24. The van der Waals surface area contributed by atoms with Crippen molar-refractivity contribution in [1.29, 1.82) is 0 Å². The first kappa shape index (κ1) is 8.68. The maximum absolute atomic E-state index is 11.3. The zero-order valence-electron chi connectivity index (χ0n) is 8.64. The van der Waals surface area contributed by atoms with Gasteiger partial charge in [0.05, 0.1) is 24.3 Å². The molecule has 3 fully saturated rings. The van der Waals surface area contributed by atoms with Crippen molar-refractivity contribution in [3.8, 4) is 0 Å². The first-order valence-corrected chi connectivity index (χ1v) is 5.31. The van der Waals surface area contributed by atoms with Crippen LogP contribution in [0.2, 0.25) is 0 Å². The SMILES string of the molecule is CC(=O)N(C)[C@@H]1[C@@H]2[C@H]3CCN2C[C@H]1O3. The maximum Gasteiger partial charge on any atom is 0.219 e. The minimum Gasteiger partial charge on any atom is -0.370 e. The average molecular weight is 196 g/mol. The molecule has 14 heavy (non-hydrogen) atoms. The molecule has 3 rings (SSSR count). The van der Waals surface area contributed by atoms with Gasteiger partial charge in [-0.05, 0) is 6.42 Å². The van der Waals surface area contributed by atoms with Gasteiger partial charge in [0.15, 0.2) is 0 Å². The van der Waals surface area contributed by atoms with E-state index in [0.29, 0.717) is 18.2 Å². The van der Waals surface area contributed by atoms with Crippen LogP contribution in [0.4, 0.5) is 0 Å². The summed E-state index contributed by atoms with van der Waals surface area (Å²) in [6.07, 6.45) is 1.80. The number of amides is 1. The molecule has 2 bridgehead atoms. The van der Waals surface area contributed by atoms with Crippen LogP contribution in [0.5, 0.6) is 0 Å². The number of morpholine rings is 1. The highest BCUT2D eigenvalue weighted by Crippen LogP contribution is 2.41. The van der Waals surface area contributed by atoms with Gasteiger partial charge in [0.1, 0.15) is 0 Å². The maximum atomic E-state index is 11.3. The van der Waals surface area contributed by atoms with Crippen molar-refractivity contribution in [2.45, 2.75) is 37.6 Å². The Kier molecular flexibility index (Phi) is 1.67. The number of rotatable bonds is 1. The molecule has 3 heterocycles. The summed E-state index contributed by atoms with van der Waals surface area (Å²) in [4.78, 5) is 15.7. The summed E-state index contributed by atoms with van der Waals surface area (Å²) in [6, 6.07) is 0.786. The van der Waals surface area contributed by atoms with Crippen LogP contribution >= 0.6 is 0 Å². The fraction of sp³-hybridized carbons (Fsp3) is 0.900. The molecule has 4 heteroatoms. The summed E-state index contributed by atoms with van der Waals surface area (Å²) in [5.41, 5.74) is 0. The molecule has 0 unspecified atom stereocenters. The number of nitrogens with zero attached hydrogens (tertiary/aromatic N) is 2. The predicted octanol–water partition coefficient (Wildman–Crippen LogP) is -0.311. The molecule has 78 valence electrons. The van der Waals surface area contributed by atoms with Gasteiger partial charge in [-0.2, -0.15) is 0 Å². The Hall–Kier alpha value is -0.610. The number of hydrogen-bond acceptors (Lipinski definition) is 3. The number of hydrogen-bond donors (Lipinski definition) is 0. The van der Waals surface area contributed by atoms with E-state index in [-0.39, 0.29) is 12.0 Å². The molecule has 3 aliphatic rings. The lowest BCUT2D eigenvalue weighted by Crippen LogP contribution is -2.45. The summed E-state index contributed by atoms with van der Waals surface area (Å²) in [7, 11) is 1.90. The molecule has 3 aliphatic heterocycles. The van der Waals surface area contributed by atoms with Gasteiger partial charge < -0.3 is 9.64 Å². The lowest BCUT2D eigenvalue weighted by molar-refractivity contribution is -0.130. The molecule has 0 spiro atoms. The molecule has 0 aromatic heterocycles. The van der Waals surface area contributed by atoms with E-state index in [2.05, 4.69) is 4.90 Å². The van der Waals surface area contributed by atoms with Crippen molar-refractivity contribution in [2.24, 2.45) is 0 Å². The largest absolute Gasteiger partial charge is 0.370 e. The van der Waals surface area contributed by atoms with E-state index >= 15 is 0 Å². The zero-order chi connectivity index (χ0) is 9.87. The van der Waals surface area contributed by atoms with Crippen LogP contribution in [0, 0.1) is 0 Å². The van der Waals surface area contributed by atoms with E-state index in [1.165, 1.54) is 0 Å². The van der Waals surface area contributed by atoms with Crippen LogP contribution in [0.1, 0.15) is 13.3 Å². The lowest BCUT2D eigenvalue weighted by Gasteiger charge is -2.26. The summed E-state index contributed by atoms with van der Waals surface area (Å²) in [5.74, 6) is 0.151. The van der Waals surface area contributed by atoms with Gasteiger partial charge in [-0.1, -0.05) is 0 Å². The third-order valence-corrected chi connectivity index (χ3v) is 3.94. The summed E-state index contributed by atoms with van der Waals surface area (Å²) < 4.78 is 5.90. The van der Waals surface area contributed by atoms with Gasteiger partial charge in [-0.3, -0.25) is 9.69 Å². The summed E-state index contributed by atoms with van der Waals surface area (Å²) >= 11 is 0.